The van der Waals surface area contributed by atoms with Gasteiger partial charge in [-0.2, -0.15) is 0 Å². The number of aromatic nitrogens is 3. The maximum Gasteiger partial charge on any atom is 0.355 e. The zero-order chi connectivity index (χ0) is 13.1. The van der Waals surface area contributed by atoms with E-state index in [2.05, 4.69) is 10.2 Å². The molecule has 18 heavy (non-hydrogen) atoms. The van der Waals surface area contributed by atoms with Crippen LogP contribution in [0.15, 0.2) is 14.6 Å². The first kappa shape index (κ1) is 12.5. The molecule has 0 saturated heterocycles. The number of rotatable bonds is 4. The molecule has 96 valence electrons. The van der Waals surface area contributed by atoms with Crippen LogP contribution in [0, 0.1) is 6.92 Å². The van der Waals surface area contributed by atoms with Gasteiger partial charge in [0.25, 0.3) is 0 Å². The van der Waals surface area contributed by atoms with Gasteiger partial charge in [-0.1, -0.05) is 11.3 Å². The van der Waals surface area contributed by atoms with Gasteiger partial charge in [0.05, 0.1) is 6.61 Å². The Morgan fingerprint density at radius 2 is 2.33 bits per heavy atom. The molecule has 0 saturated carbocycles. The summed E-state index contributed by atoms with van der Waals surface area (Å²) in [5, 5.41) is 8.91. The van der Waals surface area contributed by atoms with Crippen LogP contribution in [-0.2, 0) is 11.3 Å². The van der Waals surface area contributed by atoms with E-state index in [4.69, 9.17) is 9.15 Å². The van der Waals surface area contributed by atoms with E-state index in [1.165, 1.54) is 9.95 Å². The standard InChI is InChI=1S/C10H11N3O4S/c1-3-16-9(14)7-5-18-10(15)13(7)4-8-12-11-6(2)17-8/h5H,3-4H2,1-2H3. The van der Waals surface area contributed by atoms with Gasteiger partial charge < -0.3 is 9.15 Å². The van der Waals surface area contributed by atoms with E-state index >= 15 is 0 Å². The van der Waals surface area contributed by atoms with Gasteiger partial charge in [-0.15, -0.1) is 10.2 Å². The summed E-state index contributed by atoms with van der Waals surface area (Å²) < 4.78 is 11.3. The summed E-state index contributed by atoms with van der Waals surface area (Å²) in [5.41, 5.74) is 0.197. The first-order valence-electron chi connectivity index (χ1n) is 5.26. The predicted molar refractivity (Wildman–Crippen MR) is 62.7 cm³/mol. The molecule has 0 amide bonds. The molecule has 0 aliphatic carbocycles. The fourth-order valence-electron chi connectivity index (χ4n) is 1.38. The average molecular weight is 269 g/mol. The largest absolute Gasteiger partial charge is 0.461 e. The van der Waals surface area contributed by atoms with Crippen molar-refractivity contribution >= 4 is 17.3 Å². The number of carbonyl (C=O) groups is 1. The average Bonchev–Trinajstić information content (AvgIpc) is 2.88. The van der Waals surface area contributed by atoms with Gasteiger partial charge >= 0.3 is 10.8 Å². The van der Waals surface area contributed by atoms with Crippen molar-refractivity contribution in [1.29, 1.82) is 0 Å². The topological polar surface area (TPSA) is 87.2 Å². The second kappa shape index (κ2) is 5.13. The molecular weight excluding hydrogens is 258 g/mol. The Bertz CT molecular complexity index is 613. The van der Waals surface area contributed by atoms with Crippen LogP contribution in [0.1, 0.15) is 29.2 Å². The summed E-state index contributed by atoms with van der Waals surface area (Å²) in [6.07, 6.45) is 0. The highest BCUT2D eigenvalue weighted by Crippen LogP contribution is 2.08. The smallest absolute Gasteiger partial charge is 0.355 e. The Kier molecular flexibility index (Phi) is 3.56. The quantitative estimate of drug-likeness (QED) is 0.764. The number of nitrogens with zero attached hydrogens (tertiary/aromatic N) is 3. The van der Waals surface area contributed by atoms with E-state index in [9.17, 15) is 9.59 Å². The minimum Gasteiger partial charge on any atom is -0.461 e. The fourth-order valence-corrected chi connectivity index (χ4v) is 2.11. The lowest BCUT2D eigenvalue weighted by Gasteiger charge is -2.04. The number of esters is 1. The number of hydrogen-bond donors (Lipinski definition) is 0. The molecule has 2 heterocycles. The van der Waals surface area contributed by atoms with Crippen LogP contribution >= 0.6 is 11.3 Å². The Morgan fingerprint density at radius 3 is 2.94 bits per heavy atom. The summed E-state index contributed by atoms with van der Waals surface area (Å²) >= 11 is 0.928. The van der Waals surface area contributed by atoms with Crippen molar-refractivity contribution < 1.29 is 13.9 Å². The summed E-state index contributed by atoms with van der Waals surface area (Å²) in [5.74, 6) is 0.150. The third-order valence-corrected chi connectivity index (χ3v) is 2.89. The Labute approximate surface area is 106 Å². The number of hydrogen-bond acceptors (Lipinski definition) is 7. The van der Waals surface area contributed by atoms with Crippen LogP contribution in [0.3, 0.4) is 0 Å². The molecule has 0 N–H and O–H groups in total. The monoisotopic (exact) mass is 269 g/mol. The Hall–Kier alpha value is -1.96. The van der Waals surface area contributed by atoms with E-state index in [1.54, 1.807) is 13.8 Å². The molecule has 8 heteroatoms. The maximum atomic E-state index is 11.6. The Balaban J connectivity index is 2.29. The van der Waals surface area contributed by atoms with Crippen LogP contribution in [0.2, 0.25) is 0 Å². The Morgan fingerprint density at radius 1 is 1.56 bits per heavy atom. The molecule has 7 nitrogen and oxygen atoms in total. The molecule has 0 atom stereocenters. The van der Waals surface area contributed by atoms with Gasteiger partial charge in [-0.05, 0) is 6.92 Å². The van der Waals surface area contributed by atoms with Gasteiger partial charge in [0.2, 0.25) is 11.8 Å². The number of aryl methyl sites for hydroxylation is 1. The van der Waals surface area contributed by atoms with Crippen molar-refractivity contribution in [2.24, 2.45) is 0 Å². The SMILES string of the molecule is CCOC(=O)c1csc(=O)n1Cc1nnc(C)o1. The molecule has 0 aliphatic heterocycles. The van der Waals surface area contributed by atoms with Crippen LogP contribution in [0.5, 0.6) is 0 Å². The molecule has 0 spiro atoms. The summed E-state index contributed by atoms with van der Waals surface area (Å²) in [6, 6.07) is 0. The van der Waals surface area contributed by atoms with Gasteiger partial charge in [0.15, 0.2) is 0 Å². The minimum atomic E-state index is -0.535. The second-order valence-electron chi connectivity index (χ2n) is 3.41. The number of carbonyl (C=O) groups excluding carboxylic acids is 1. The number of ether oxygens (including phenoxy) is 1. The van der Waals surface area contributed by atoms with Crippen molar-refractivity contribution in [2.75, 3.05) is 6.61 Å². The van der Waals surface area contributed by atoms with Gasteiger partial charge in [0, 0.05) is 12.3 Å². The van der Waals surface area contributed by atoms with Crippen LogP contribution in [0.4, 0.5) is 0 Å². The first-order valence-corrected chi connectivity index (χ1v) is 6.14. The van der Waals surface area contributed by atoms with Crippen molar-refractivity contribution in [3.8, 4) is 0 Å². The number of thiazole rings is 1. The van der Waals surface area contributed by atoms with Crippen molar-refractivity contribution in [1.82, 2.24) is 14.8 Å². The molecule has 0 bridgehead atoms. The lowest BCUT2D eigenvalue weighted by Crippen LogP contribution is -2.21. The van der Waals surface area contributed by atoms with E-state index in [-0.39, 0.29) is 29.6 Å². The van der Waals surface area contributed by atoms with Crippen LogP contribution < -0.4 is 4.87 Å². The summed E-state index contributed by atoms with van der Waals surface area (Å²) in [7, 11) is 0. The maximum absolute atomic E-state index is 11.6. The summed E-state index contributed by atoms with van der Waals surface area (Å²) in [6.45, 7) is 3.67. The van der Waals surface area contributed by atoms with Gasteiger partial charge in [-0.3, -0.25) is 9.36 Å². The highest BCUT2D eigenvalue weighted by molar-refractivity contribution is 7.07. The molecule has 2 aromatic heterocycles. The second-order valence-corrected chi connectivity index (χ2v) is 4.23. The van der Waals surface area contributed by atoms with Crippen molar-refractivity contribution in [3.05, 3.63) is 32.5 Å². The van der Waals surface area contributed by atoms with Crippen LogP contribution in [-0.4, -0.2) is 27.3 Å². The molecule has 0 fully saturated rings. The molecule has 0 aromatic carbocycles. The fraction of sp³-hybridized carbons (Fsp3) is 0.400. The van der Waals surface area contributed by atoms with Gasteiger partial charge in [-0.25, -0.2) is 4.79 Å². The molecule has 2 rings (SSSR count). The van der Waals surface area contributed by atoms with E-state index in [0.29, 0.717) is 5.89 Å². The van der Waals surface area contributed by atoms with E-state index in [0.717, 1.165) is 11.3 Å². The van der Waals surface area contributed by atoms with Gasteiger partial charge in [0.1, 0.15) is 12.2 Å². The molecule has 0 aliphatic rings. The summed E-state index contributed by atoms with van der Waals surface area (Å²) in [4.78, 5) is 23.0. The molecule has 0 radical (unpaired) electrons. The molecule has 0 unspecified atom stereocenters. The predicted octanol–water partition coefficient (Wildman–Crippen LogP) is 0.826. The molecular formula is C10H11N3O4S. The van der Waals surface area contributed by atoms with Crippen LogP contribution in [0.25, 0.3) is 0 Å². The minimum absolute atomic E-state index is 0.0668. The van der Waals surface area contributed by atoms with E-state index < -0.39 is 5.97 Å². The lowest BCUT2D eigenvalue weighted by molar-refractivity contribution is 0.0513. The normalized spacial score (nSPS) is 10.6. The first-order chi connectivity index (χ1) is 8.61. The highest BCUT2D eigenvalue weighted by atomic mass is 32.1. The molecule has 2 aromatic rings. The van der Waals surface area contributed by atoms with Crippen molar-refractivity contribution in [3.63, 3.8) is 0 Å². The highest BCUT2D eigenvalue weighted by Gasteiger charge is 2.17. The lowest BCUT2D eigenvalue weighted by atomic mass is 10.4. The third-order valence-electron chi connectivity index (χ3n) is 2.13. The third kappa shape index (κ3) is 2.48. The van der Waals surface area contributed by atoms with E-state index in [1.807, 2.05) is 0 Å². The zero-order valence-corrected chi connectivity index (χ0v) is 10.7. The van der Waals surface area contributed by atoms with Crippen molar-refractivity contribution in [2.45, 2.75) is 20.4 Å². The zero-order valence-electron chi connectivity index (χ0n) is 9.87.